The van der Waals surface area contributed by atoms with Gasteiger partial charge in [0.25, 0.3) is 11.8 Å². The third kappa shape index (κ3) is 2.69. The summed E-state index contributed by atoms with van der Waals surface area (Å²) in [4.78, 5) is 25.7. The van der Waals surface area contributed by atoms with Crippen LogP contribution in [-0.4, -0.2) is 26.0 Å². The van der Waals surface area contributed by atoms with Gasteiger partial charge in [0.2, 0.25) is 0 Å². The first-order valence-corrected chi connectivity index (χ1v) is 6.72. The molecule has 3 heterocycles. The SMILES string of the molecule is Cc1nc(-c2nnc(NC(=O)c3ccc([N+](=O)[O-])o3)o2)cs1. The van der Waals surface area contributed by atoms with Crippen LogP contribution in [-0.2, 0) is 0 Å². The Morgan fingerprint density at radius 3 is 2.82 bits per heavy atom. The molecular weight excluding hydrogens is 314 g/mol. The van der Waals surface area contributed by atoms with Crippen molar-refractivity contribution in [3.05, 3.63) is 38.4 Å². The molecule has 0 saturated heterocycles. The van der Waals surface area contributed by atoms with Gasteiger partial charge < -0.3 is 8.83 Å². The lowest BCUT2D eigenvalue weighted by atomic mass is 10.4. The van der Waals surface area contributed by atoms with E-state index in [2.05, 4.69) is 20.5 Å². The zero-order valence-electron chi connectivity index (χ0n) is 11.0. The summed E-state index contributed by atoms with van der Waals surface area (Å²) in [7, 11) is 0. The second kappa shape index (κ2) is 5.37. The van der Waals surface area contributed by atoms with Gasteiger partial charge in [0.1, 0.15) is 10.6 Å². The van der Waals surface area contributed by atoms with Gasteiger partial charge >= 0.3 is 11.9 Å². The van der Waals surface area contributed by atoms with Crippen molar-refractivity contribution < 1.29 is 18.6 Å². The van der Waals surface area contributed by atoms with Crippen molar-refractivity contribution in [1.29, 1.82) is 0 Å². The molecule has 0 radical (unpaired) electrons. The Hall–Kier alpha value is -3.08. The molecule has 0 aliphatic rings. The van der Waals surface area contributed by atoms with E-state index in [-0.39, 0.29) is 17.7 Å². The maximum atomic E-state index is 11.8. The van der Waals surface area contributed by atoms with E-state index in [1.165, 1.54) is 17.4 Å². The lowest BCUT2D eigenvalue weighted by Gasteiger charge is -1.95. The van der Waals surface area contributed by atoms with Crippen LogP contribution in [0.1, 0.15) is 15.6 Å². The van der Waals surface area contributed by atoms with Gasteiger partial charge in [-0.3, -0.25) is 20.2 Å². The number of carbonyl (C=O) groups excluding carboxylic acids is 1. The number of nitro groups is 1. The molecule has 0 aliphatic heterocycles. The van der Waals surface area contributed by atoms with Crippen molar-refractivity contribution in [2.45, 2.75) is 6.92 Å². The molecule has 3 aromatic rings. The monoisotopic (exact) mass is 321 g/mol. The molecule has 1 N–H and O–H groups in total. The Labute approximate surface area is 125 Å². The summed E-state index contributed by atoms with van der Waals surface area (Å²) in [6, 6.07) is 2.09. The first kappa shape index (κ1) is 13.9. The van der Waals surface area contributed by atoms with Crippen LogP contribution in [0.15, 0.2) is 26.3 Å². The quantitative estimate of drug-likeness (QED) is 0.570. The Bertz CT molecular complexity index is 851. The summed E-state index contributed by atoms with van der Waals surface area (Å²) in [6.07, 6.45) is 0. The largest absolute Gasteiger partial charge is 0.433 e. The standard InChI is InChI=1S/C11H7N5O5S/c1-5-12-6(4-22-5)10-14-15-11(21-10)13-9(17)7-2-3-8(20-7)16(18)19/h2-4H,1H3,(H,13,15,17). The topological polar surface area (TPSA) is 137 Å². The predicted molar refractivity (Wildman–Crippen MR) is 73.5 cm³/mol. The average Bonchev–Trinajstić information content (AvgIpc) is 3.17. The number of rotatable bonds is 4. The molecule has 10 nitrogen and oxygen atoms in total. The Kier molecular flexibility index (Phi) is 3.39. The van der Waals surface area contributed by atoms with Crippen LogP contribution in [0.3, 0.4) is 0 Å². The van der Waals surface area contributed by atoms with E-state index in [0.717, 1.165) is 11.1 Å². The van der Waals surface area contributed by atoms with E-state index in [4.69, 9.17) is 8.83 Å². The number of nitrogens with one attached hydrogen (secondary N) is 1. The van der Waals surface area contributed by atoms with Crippen LogP contribution in [0.4, 0.5) is 11.9 Å². The zero-order valence-corrected chi connectivity index (χ0v) is 11.8. The highest BCUT2D eigenvalue weighted by molar-refractivity contribution is 7.09. The first-order valence-electron chi connectivity index (χ1n) is 5.84. The fourth-order valence-electron chi connectivity index (χ4n) is 1.55. The number of hydrogen-bond acceptors (Lipinski definition) is 9. The van der Waals surface area contributed by atoms with E-state index in [1.807, 2.05) is 6.92 Å². The van der Waals surface area contributed by atoms with Crippen LogP contribution in [0.2, 0.25) is 0 Å². The molecule has 0 atom stereocenters. The molecule has 1 amide bonds. The molecule has 0 aliphatic carbocycles. The molecule has 112 valence electrons. The number of hydrogen-bond donors (Lipinski definition) is 1. The van der Waals surface area contributed by atoms with Gasteiger partial charge in [-0.15, -0.1) is 16.4 Å². The molecule has 0 bridgehead atoms. The molecule has 0 spiro atoms. The van der Waals surface area contributed by atoms with Gasteiger partial charge in [-0.25, -0.2) is 4.98 Å². The number of carbonyl (C=O) groups is 1. The smallest absolute Gasteiger partial charge is 0.401 e. The second-order valence-corrected chi connectivity index (χ2v) is 5.08. The highest BCUT2D eigenvalue weighted by Crippen LogP contribution is 2.22. The third-order valence-electron chi connectivity index (χ3n) is 2.48. The number of amides is 1. The predicted octanol–water partition coefficient (Wildman–Crippen LogP) is 2.26. The minimum absolute atomic E-state index is 0.157. The minimum Gasteiger partial charge on any atom is -0.401 e. The molecule has 0 fully saturated rings. The normalized spacial score (nSPS) is 10.6. The maximum absolute atomic E-state index is 11.8. The fourth-order valence-corrected chi connectivity index (χ4v) is 2.13. The molecule has 11 heteroatoms. The Balaban J connectivity index is 1.74. The fraction of sp³-hybridized carbons (Fsp3) is 0.0909. The summed E-state index contributed by atoms with van der Waals surface area (Å²) in [5, 5.41) is 22.8. The molecule has 0 unspecified atom stereocenters. The maximum Gasteiger partial charge on any atom is 0.433 e. The Morgan fingerprint density at radius 1 is 1.36 bits per heavy atom. The summed E-state index contributed by atoms with van der Waals surface area (Å²) in [5.74, 6) is -1.35. The van der Waals surface area contributed by atoms with Crippen molar-refractivity contribution in [3.63, 3.8) is 0 Å². The van der Waals surface area contributed by atoms with E-state index in [9.17, 15) is 14.9 Å². The van der Waals surface area contributed by atoms with E-state index >= 15 is 0 Å². The van der Waals surface area contributed by atoms with Crippen LogP contribution in [0.25, 0.3) is 11.6 Å². The number of thiazole rings is 1. The second-order valence-electron chi connectivity index (χ2n) is 4.01. The van der Waals surface area contributed by atoms with E-state index in [0.29, 0.717) is 5.69 Å². The van der Waals surface area contributed by atoms with Crippen molar-refractivity contribution in [3.8, 4) is 11.6 Å². The molecule has 22 heavy (non-hydrogen) atoms. The van der Waals surface area contributed by atoms with E-state index < -0.39 is 16.7 Å². The number of aryl methyl sites for hydroxylation is 1. The molecular formula is C11H7N5O5S. The van der Waals surface area contributed by atoms with Crippen LogP contribution < -0.4 is 5.32 Å². The number of furan rings is 1. The number of anilines is 1. The molecule has 3 aromatic heterocycles. The average molecular weight is 321 g/mol. The number of aromatic nitrogens is 3. The number of nitrogens with zero attached hydrogens (tertiary/aromatic N) is 4. The minimum atomic E-state index is -0.744. The van der Waals surface area contributed by atoms with Crippen molar-refractivity contribution in [2.24, 2.45) is 0 Å². The zero-order chi connectivity index (χ0) is 15.7. The highest BCUT2D eigenvalue weighted by atomic mass is 32.1. The van der Waals surface area contributed by atoms with Crippen molar-refractivity contribution in [1.82, 2.24) is 15.2 Å². The van der Waals surface area contributed by atoms with Gasteiger partial charge in [-0.2, -0.15) is 0 Å². The molecule has 0 saturated carbocycles. The molecule has 0 aromatic carbocycles. The molecule has 3 rings (SSSR count). The van der Waals surface area contributed by atoms with Gasteiger partial charge in [-0.05, 0) is 13.0 Å². The van der Waals surface area contributed by atoms with Gasteiger partial charge in [0.15, 0.2) is 5.76 Å². The summed E-state index contributed by atoms with van der Waals surface area (Å²) in [6.45, 7) is 1.83. The first-order chi connectivity index (χ1) is 10.5. The van der Waals surface area contributed by atoms with Crippen molar-refractivity contribution in [2.75, 3.05) is 5.32 Å². The Morgan fingerprint density at radius 2 is 2.18 bits per heavy atom. The van der Waals surface area contributed by atoms with Gasteiger partial charge in [0, 0.05) is 5.38 Å². The van der Waals surface area contributed by atoms with Crippen LogP contribution in [0, 0.1) is 17.0 Å². The van der Waals surface area contributed by atoms with E-state index in [1.54, 1.807) is 5.38 Å². The lowest BCUT2D eigenvalue weighted by Crippen LogP contribution is -2.11. The van der Waals surface area contributed by atoms with Gasteiger partial charge in [-0.1, -0.05) is 5.10 Å². The summed E-state index contributed by atoms with van der Waals surface area (Å²) in [5.41, 5.74) is 0.504. The highest BCUT2D eigenvalue weighted by Gasteiger charge is 2.19. The third-order valence-corrected chi connectivity index (χ3v) is 3.25. The van der Waals surface area contributed by atoms with Crippen LogP contribution >= 0.6 is 11.3 Å². The summed E-state index contributed by atoms with van der Waals surface area (Å²) < 4.78 is 10.0. The van der Waals surface area contributed by atoms with Crippen molar-refractivity contribution >= 4 is 29.1 Å². The van der Waals surface area contributed by atoms with Crippen LogP contribution in [0.5, 0.6) is 0 Å². The van der Waals surface area contributed by atoms with Gasteiger partial charge in [0.05, 0.1) is 11.1 Å². The summed E-state index contributed by atoms with van der Waals surface area (Å²) >= 11 is 1.42. The lowest BCUT2D eigenvalue weighted by molar-refractivity contribution is -0.402.